The first-order valence-corrected chi connectivity index (χ1v) is 8.51. The van der Waals surface area contributed by atoms with Crippen molar-refractivity contribution in [3.63, 3.8) is 0 Å². The van der Waals surface area contributed by atoms with Crippen molar-refractivity contribution in [2.75, 3.05) is 18.9 Å². The highest BCUT2D eigenvalue weighted by atomic mass is 35.5. The van der Waals surface area contributed by atoms with Gasteiger partial charge >= 0.3 is 0 Å². The molecule has 0 unspecified atom stereocenters. The standard InChI is InChI=1S/C15H14ClFN2O4S/c1-19(23-2)15(20)13-9-12(7-8-14(13)16)24(21,22)18-11-5-3-10(17)4-6-11/h3-9,18H,1-2H3. The third-order valence-electron chi connectivity index (χ3n) is 3.13. The van der Waals surface area contributed by atoms with E-state index in [4.69, 9.17) is 16.4 Å². The fourth-order valence-electron chi connectivity index (χ4n) is 1.82. The van der Waals surface area contributed by atoms with E-state index in [1.54, 1.807) is 0 Å². The van der Waals surface area contributed by atoms with E-state index in [1.807, 2.05) is 0 Å². The van der Waals surface area contributed by atoms with Crippen molar-refractivity contribution >= 4 is 33.2 Å². The summed E-state index contributed by atoms with van der Waals surface area (Å²) in [5.41, 5.74) is 0.163. The second-order valence-electron chi connectivity index (χ2n) is 4.74. The zero-order chi connectivity index (χ0) is 17.9. The quantitative estimate of drug-likeness (QED) is 0.819. The van der Waals surface area contributed by atoms with Crippen LogP contribution < -0.4 is 4.72 Å². The summed E-state index contributed by atoms with van der Waals surface area (Å²) in [6.45, 7) is 0. The van der Waals surface area contributed by atoms with Crippen LogP contribution in [0.15, 0.2) is 47.4 Å². The average molecular weight is 373 g/mol. The van der Waals surface area contributed by atoms with E-state index in [-0.39, 0.29) is 21.2 Å². The van der Waals surface area contributed by atoms with Crippen molar-refractivity contribution in [1.29, 1.82) is 0 Å². The van der Waals surface area contributed by atoms with Crippen molar-refractivity contribution in [3.8, 4) is 0 Å². The number of rotatable bonds is 5. The van der Waals surface area contributed by atoms with Crippen LogP contribution in [0.1, 0.15) is 10.4 Å². The van der Waals surface area contributed by atoms with Crippen molar-refractivity contribution in [3.05, 3.63) is 58.9 Å². The number of hydrogen-bond donors (Lipinski definition) is 1. The van der Waals surface area contributed by atoms with Crippen LogP contribution in [-0.4, -0.2) is 33.5 Å². The molecule has 2 aromatic carbocycles. The lowest BCUT2D eigenvalue weighted by atomic mass is 10.2. The molecule has 0 radical (unpaired) electrons. The number of carbonyl (C=O) groups is 1. The van der Waals surface area contributed by atoms with Crippen LogP contribution in [0, 0.1) is 5.82 Å². The predicted octanol–water partition coefficient (Wildman–Crippen LogP) is 2.91. The van der Waals surface area contributed by atoms with Gasteiger partial charge in [-0.3, -0.25) is 14.4 Å². The monoisotopic (exact) mass is 372 g/mol. The molecule has 0 bridgehead atoms. The molecule has 0 aliphatic rings. The number of nitrogens with one attached hydrogen (secondary N) is 1. The Labute approximate surface area is 143 Å². The fraction of sp³-hybridized carbons (Fsp3) is 0.133. The SMILES string of the molecule is CON(C)C(=O)c1cc(S(=O)(=O)Nc2ccc(F)cc2)ccc1Cl. The number of nitrogens with zero attached hydrogens (tertiary/aromatic N) is 1. The van der Waals surface area contributed by atoms with Gasteiger partial charge in [-0.2, -0.15) is 0 Å². The Morgan fingerprint density at radius 3 is 2.42 bits per heavy atom. The zero-order valence-electron chi connectivity index (χ0n) is 12.8. The lowest BCUT2D eigenvalue weighted by molar-refractivity contribution is -0.0757. The van der Waals surface area contributed by atoms with Crippen molar-refractivity contribution in [1.82, 2.24) is 5.06 Å². The Hall–Kier alpha value is -2.16. The molecule has 0 saturated carbocycles. The van der Waals surface area contributed by atoms with E-state index in [2.05, 4.69) is 4.72 Å². The summed E-state index contributed by atoms with van der Waals surface area (Å²) < 4.78 is 40.0. The lowest BCUT2D eigenvalue weighted by Crippen LogP contribution is -2.26. The first-order chi connectivity index (χ1) is 11.2. The van der Waals surface area contributed by atoms with E-state index >= 15 is 0 Å². The van der Waals surface area contributed by atoms with E-state index in [0.29, 0.717) is 0 Å². The van der Waals surface area contributed by atoms with E-state index in [9.17, 15) is 17.6 Å². The summed E-state index contributed by atoms with van der Waals surface area (Å²) in [6.07, 6.45) is 0. The van der Waals surface area contributed by atoms with Gasteiger partial charge in [0.2, 0.25) is 0 Å². The normalized spacial score (nSPS) is 11.2. The summed E-state index contributed by atoms with van der Waals surface area (Å²) in [5, 5.41) is 1.01. The molecule has 24 heavy (non-hydrogen) atoms. The minimum Gasteiger partial charge on any atom is -0.280 e. The molecular formula is C15H14ClFN2O4S. The molecule has 2 rings (SSSR count). The molecule has 0 spiro atoms. The Bertz CT molecular complexity index is 856. The largest absolute Gasteiger partial charge is 0.280 e. The van der Waals surface area contributed by atoms with Gasteiger partial charge in [0, 0.05) is 12.7 Å². The Morgan fingerprint density at radius 1 is 1.21 bits per heavy atom. The Kier molecular flexibility index (Phi) is 5.43. The van der Waals surface area contributed by atoms with Gasteiger partial charge in [0.15, 0.2) is 0 Å². The van der Waals surface area contributed by atoms with E-state index in [1.165, 1.54) is 38.4 Å². The van der Waals surface area contributed by atoms with Crippen molar-refractivity contribution < 1.29 is 22.4 Å². The number of carbonyl (C=O) groups excluding carboxylic acids is 1. The van der Waals surface area contributed by atoms with Gasteiger partial charge in [0.1, 0.15) is 5.82 Å². The summed E-state index contributed by atoms with van der Waals surface area (Å²) in [7, 11) is -1.31. The number of benzene rings is 2. The maximum atomic E-state index is 12.9. The molecule has 1 N–H and O–H groups in total. The molecule has 0 atom stereocenters. The molecule has 0 aromatic heterocycles. The van der Waals surface area contributed by atoms with E-state index < -0.39 is 21.7 Å². The molecule has 0 saturated heterocycles. The second kappa shape index (κ2) is 7.16. The molecule has 0 heterocycles. The molecule has 6 nitrogen and oxygen atoms in total. The highest BCUT2D eigenvalue weighted by Gasteiger charge is 2.21. The third kappa shape index (κ3) is 4.02. The van der Waals surface area contributed by atoms with Crippen LogP contribution >= 0.6 is 11.6 Å². The van der Waals surface area contributed by atoms with Crippen LogP contribution in [0.4, 0.5) is 10.1 Å². The second-order valence-corrected chi connectivity index (χ2v) is 6.83. The van der Waals surface area contributed by atoms with Crippen LogP contribution in [0.25, 0.3) is 0 Å². The van der Waals surface area contributed by atoms with Gasteiger partial charge < -0.3 is 0 Å². The molecular weight excluding hydrogens is 359 g/mol. The number of sulfonamides is 1. The van der Waals surface area contributed by atoms with Crippen LogP contribution in [0.3, 0.4) is 0 Å². The van der Waals surface area contributed by atoms with Gasteiger partial charge in [0.05, 0.1) is 22.6 Å². The molecule has 9 heteroatoms. The van der Waals surface area contributed by atoms with Crippen LogP contribution in [0.5, 0.6) is 0 Å². The lowest BCUT2D eigenvalue weighted by Gasteiger charge is -2.15. The first kappa shape index (κ1) is 18.2. The van der Waals surface area contributed by atoms with Crippen LogP contribution in [0.2, 0.25) is 5.02 Å². The maximum absolute atomic E-state index is 12.9. The highest BCUT2D eigenvalue weighted by molar-refractivity contribution is 7.92. The number of hydrogen-bond acceptors (Lipinski definition) is 4. The Morgan fingerprint density at radius 2 is 1.83 bits per heavy atom. The summed E-state index contributed by atoms with van der Waals surface area (Å²) in [5.74, 6) is -1.08. The average Bonchev–Trinajstić information content (AvgIpc) is 2.55. The van der Waals surface area contributed by atoms with Crippen molar-refractivity contribution in [2.24, 2.45) is 0 Å². The first-order valence-electron chi connectivity index (χ1n) is 6.64. The Balaban J connectivity index is 2.37. The van der Waals surface area contributed by atoms with Gasteiger partial charge in [-0.1, -0.05) is 11.6 Å². The van der Waals surface area contributed by atoms with Gasteiger partial charge in [0.25, 0.3) is 15.9 Å². The van der Waals surface area contributed by atoms with E-state index in [0.717, 1.165) is 23.3 Å². The summed E-state index contributed by atoms with van der Waals surface area (Å²) in [6, 6.07) is 8.53. The maximum Gasteiger partial charge on any atom is 0.278 e. The molecule has 2 aromatic rings. The third-order valence-corrected chi connectivity index (χ3v) is 4.84. The smallest absolute Gasteiger partial charge is 0.278 e. The molecule has 0 aliphatic carbocycles. The fourth-order valence-corrected chi connectivity index (χ4v) is 3.10. The zero-order valence-corrected chi connectivity index (χ0v) is 14.4. The topological polar surface area (TPSA) is 75.7 Å². The molecule has 0 aliphatic heterocycles. The molecule has 128 valence electrons. The van der Waals surface area contributed by atoms with Gasteiger partial charge in [-0.05, 0) is 42.5 Å². The highest BCUT2D eigenvalue weighted by Crippen LogP contribution is 2.23. The van der Waals surface area contributed by atoms with Gasteiger partial charge in [-0.25, -0.2) is 17.9 Å². The minimum absolute atomic E-state index is 0.0250. The number of amides is 1. The van der Waals surface area contributed by atoms with Crippen molar-refractivity contribution in [2.45, 2.75) is 4.90 Å². The number of hydroxylamine groups is 2. The molecule has 0 fully saturated rings. The van der Waals surface area contributed by atoms with Crippen LogP contribution in [-0.2, 0) is 14.9 Å². The summed E-state index contributed by atoms with van der Waals surface area (Å²) in [4.78, 5) is 16.7. The number of halogens is 2. The minimum atomic E-state index is -3.97. The molecule has 1 amide bonds. The predicted molar refractivity (Wildman–Crippen MR) is 87.8 cm³/mol. The summed E-state index contributed by atoms with van der Waals surface area (Å²) >= 11 is 5.96. The number of anilines is 1. The van der Waals surface area contributed by atoms with Gasteiger partial charge in [-0.15, -0.1) is 0 Å².